The van der Waals surface area contributed by atoms with Crippen LogP contribution in [0.1, 0.15) is 33.8 Å². The van der Waals surface area contributed by atoms with Crippen molar-refractivity contribution in [1.29, 1.82) is 0 Å². The van der Waals surface area contributed by atoms with Crippen LogP contribution in [0.3, 0.4) is 0 Å². The maximum absolute atomic E-state index is 12.8. The number of nitrogens with two attached hydrogens (primary N) is 1. The summed E-state index contributed by atoms with van der Waals surface area (Å²) in [6, 6.07) is 17.4. The molecule has 2 atom stereocenters. The van der Waals surface area contributed by atoms with Crippen LogP contribution in [0.4, 0.5) is 0 Å². The van der Waals surface area contributed by atoms with Gasteiger partial charge >= 0.3 is 0 Å². The molecule has 0 bridgehead atoms. The Kier molecular flexibility index (Phi) is 4.13. The standard InChI is InChI=1S/C18H20N2O/c19-17-12-20-11-10-15(17)14-8-4-5-9-16(14)18(21)13-6-2-1-3-7-13/h1-9,15,17,20H,10-12,19H2. The summed E-state index contributed by atoms with van der Waals surface area (Å²) < 4.78 is 0. The van der Waals surface area contributed by atoms with Crippen LogP contribution in [-0.2, 0) is 0 Å². The molecule has 3 nitrogen and oxygen atoms in total. The predicted molar refractivity (Wildman–Crippen MR) is 84.5 cm³/mol. The average molecular weight is 280 g/mol. The van der Waals surface area contributed by atoms with Gasteiger partial charge in [0.1, 0.15) is 0 Å². The zero-order chi connectivity index (χ0) is 14.7. The lowest BCUT2D eigenvalue weighted by atomic mass is 9.82. The highest BCUT2D eigenvalue weighted by atomic mass is 16.1. The van der Waals surface area contributed by atoms with Gasteiger partial charge in [-0.1, -0.05) is 54.6 Å². The highest BCUT2D eigenvalue weighted by Crippen LogP contribution is 2.28. The Morgan fingerprint density at radius 2 is 1.76 bits per heavy atom. The lowest BCUT2D eigenvalue weighted by molar-refractivity contribution is 0.103. The SMILES string of the molecule is NC1CNCCC1c1ccccc1C(=O)c1ccccc1. The fourth-order valence-electron chi connectivity index (χ4n) is 3.04. The number of carbonyl (C=O) groups excluding carboxylic acids is 1. The lowest BCUT2D eigenvalue weighted by Gasteiger charge is -2.30. The molecule has 1 fully saturated rings. The fraction of sp³-hybridized carbons (Fsp3) is 0.278. The second-order valence-corrected chi connectivity index (χ2v) is 5.55. The first-order valence-corrected chi connectivity index (χ1v) is 7.42. The highest BCUT2D eigenvalue weighted by molar-refractivity contribution is 6.10. The second-order valence-electron chi connectivity index (χ2n) is 5.55. The maximum Gasteiger partial charge on any atom is 0.193 e. The van der Waals surface area contributed by atoms with E-state index in [0.717, 1.165) is 36.2 Å². The molecule has 3 N–H and O–H groups in total. The minimum atomic E-state index is 0.0588. The Bertz CT molecular complexity index is 624. The van der Waals surface area contributed by atoms with E-state index in [1.54, 1.807) is 0 Å². The van der Waals surface area contributed by atoms with Gasteiger partial charge in [0.25, 0.3) is 0 Å². The molecule has 108 valence electrons. The van der Waals surface area contributed by atoms with Crippen molar-refractivity contribution < 1.29 is 4.79 Å². The van der Waals surface area contributed by atoms with Crippen LogP contribution in [0.25, 0.3) is 0 Å². The van der Waals surface area contributed by atoms with Crippen molar-refractivity contribution in [3.05, 3.63) is 71.3 Å². The van der Waals surface area contributed by atoms with Crippen molar-refractivity contribution in [2.45, 2.75) is 18.4 Å². The largest absolute Gasteiger partial charge is 0.326 e. The number of benzene rings is 2. The molecule has 0 saturated carbocycles. The number of piperidine rings is 1. The van der Waals surface area contributed by atoms with Gasteiger partial charge in [-0.3, -0.25) is 4.79 Å². The van der Waals surface area contributed by atoms with Crippen LogP contribution >= 0.6 is 0 Å². The van der Waals surface area contributed by atoms with E-state index in [9.17, 15) is 4.79 Å². The molecule has 3 rings (SSSR count). The van der Waals surface area contributed by atoms with Gasteiger partial charge in [0.2, 0.25) is 0 Å². The van der Waals surface area contributed by atoms with E-state index >= 15 is 0 Å². The second kappa shape index (κ2) is 6.20. The molecule has 1 saturated heterocycles. The number of hydrogen-bond acceptors (Lipinski definition) is 3. The van der Waals surface area contributed by atoms with Gasteiger partial charge in [0.05, 0.1) is 0 Å². The van der Waals surface area contributed by atoms with Crippen LogP contribution in [0.2, 0.25) is 0 Å². The Labute approximate surface area is 125 Å². The molecule has 2 aromatic rings. The molecule has 0 radical (unpaired) electrons. The maximum atomic E-state index is 12.8. The van der Waals surface area contributed by atoms with E-state index in [2.05, 4.69) is 5.32 Å². The summed E-state index contributed by atoms with van der Waals surface area (Å²) in [6.07, 6.45) is 0.972. The van der Waals surface area contributed by atoms with E-state index in [1.165, 1.54) is 0 Å². The smallest absolute Gasteiger partial charge is 0.193 e. The van der Waals surface area contributed by atoms with Crippen molar-refractivity contribution in [3.63, 3.8) is 0 Å². The molecule has 1 aliphatic heterocycles. The van der Waals surface area contributed by atoms with Crippen molar-refractivity contribution >= 4 is 5.78 Å². The third-order valence-corrected chi connectivity index (χ3v) is 4.17. The first-order chi connectivity index (χ1) is 10.3. The zero-order valence-electron chi connectivity index (χ0n) is 12.0. The van der Waals surface area contributed by atoms with Gasteiger partial charge < -0.3 is 11.1 Å². The molecular weight excluding hydrogens is 260 g/mol. The average Bonchev–Trinajstić information content (AvgIpc) is 2.55. The summed E-state index contributed by atoms with van der Waals surface area (Å²) in [4.78, 5) is 12.8. The number of carbonyl (C=O) groups is 1. The normalized spacial score (nSPS) is 22.0. The van der Waals surface area contributed by atoms with Crippen molar-refractivity contribution in [3.8, 4) is 0 Å². The number of ketones is 1. The van der Waals surface area contributed by atoms with Gasteiger partial charge in [0.15, 0.2) is 5.78 Å². The third-order valence-electron chi connectivity index (χ3n) is 4.17. The minimum absolute atomic E-state index is 0.0588. The van der Waals surface area contributed by atoms with Crippen LogP contribution in [0.5, 0.6) is 0 Å². The molecule has 3 heteroatoms. The van der Waals surface area contributed by atoms with Crippen LogP contribution in [0, 0.1) is 0 Å². The molecule has 0 amide bonds. The molecule has 2 unspecified atom stereocenters. The van der Waals surface area contributed by atoms with E-state index in [-0.39, 0.29) is 17.7 Å². The zero-order valence-corrected chi connectivity index (χ0v) is 12.0. The summed E-state index contributed by atoms with van der Waals surface area (Å²) in [5.41, 5.74) is 8.84. The summed E-state index contributed by atoms with van der Waals surface area (Å²) >= 11 is 0. The van der Waals surface area contributed by atoms with Crippen LogP contribution in [0.15, 0.2) is 54.6 Å². The third kappa shape index (κ3) is 2.89. The van der Waals surface area contributed by atoms with Gasteiger partial charge in [-0.2, -0.15) is 0 Å². The van der Waals surface area contributed by atoms with E-state index in [1.807, 2.05) is 54.6 Å². The Morgan fingerprint density at radius 3 is 2.52 bits per heavy atom. The Hall–Kier alpha value is -1.97. The van der Waals surface area contributed by atoms with Gasteiger partial charge in [-0.15, -0.1) is 0 Å². The lowest BCUT2D eigenvalue weighted by Crippen LogP contribution is -2.45. The molecule has 2 aromatic carbocycles. The molecule has 0 aromatic heterocycles. The van der Waals surface area contributed by atoms with Gasteiger partial charge in [-0.05, 0) is 18.5 Å². The Morgan fingerprint density at radius 1 is 1.05 bits per heavy atom. The number of hydrogen-bond donors (Lipinski definition) is 2. The first-order valence-electron chi connectivity index (χ1n) is 7.42. The Balaban J connectivity index is 1.98. The summed E-state index contributed by atoms with van der Waals surface area (Å²) in [5.74, 6) is 0.326. The van der Waals surface area contributed by atoms with Crippen molar-refractivity contribution in [1.82, 2.24) is 5.32 Å². The monoisotopic (exact) mass is 280 g/mol. The van der Waals surface area contributed by atoms with E-state index < -0.39 is 0 Å². The molecule has 21 heavy (non-hydrogen) atoms. The summed E-state index contributed by atoms with van der Waals surface area (Å²) in [5, 5.41) is 3.30. The van der Waals surface area contributed by atoms with Crippen LogP contribution in [-0.4, -0.2) is 24.9 Å². The first kappa shape index (κ1) is 14.0. The fourth-order valence-corrected chi connectivity index (χ4v) is 3.04. The quantitative estimate of drug-likeness (QED) is 0.848. The number of rotatable bonds is 3. The van der Waals surface area contributed by atoms with Crippen LogP contribution < -0.4 is 11.1 Å². The summed E-state index contributed by atoms with van der Waals surface area (Å²) in [7, 11) is 0. The number of nitrogens with one attached hydrogen (secondary N) is 1. The van der Waals surface area contributed by atoms with E-state index in [4.69, 9.17) is 5.73 Å². The topological polar surface area (TPSA) is 55.1 Å². The summed E-state index contributed by atoms with van der Waals surface area (Å²) in [6.45, 7) is 1.75. The highest BCUT2D eigenvalue weighted by Gasteiger charge is 2.26. The minimum Gasteiger partial charge on any atom is -0.326 e. The molecule has 1 heterocycles. The molecular formula is C18H20N2O. The molecule has 0 spiro atoms. The molecule has 0 aliphatic carbocycles. The van der Waals surface area contributed by atoms with Gasteiger partial charge in [0, 0.05) is 29.6 Å². The van der Waals surface area contributed by atoms with Gasteiger partial charge in [-0.25, -0.2) is 0 Å². The molecule has 1 aliphatic rings. The predicted octanol–water partition coefficient (Wildman–Crippen LogP) is 2.32. The van der Waals surface area contributed by atoms with E-state index in [0.29, 0.717) is 0 Å². The van der Waals surface area contributed by atoms with Crippen molar-refractivity contribution in [2.75, 3.05) is 13.1 Å². The van der Waals surface area contributed by atoms with Crippen molar-refractivity contribution in [2.24, 2.45) is 5.73 Å².